The standard InChI is InChI=1S/C16H12O6S2/c17-23(18,19)16-14-9-5-4-6-12(14)10-11-15(16)22-24(20,21)13-7-2-1-3-8-13/h1-11H,(H,17,18,19). The summed E-state index contributed by atoms with van der Waals surface area (Å²) in [7, 11) is -8.94. The molecule has 0 fully saturated rings. The Bertz CT molecular complexity index is 1100. The van der Waals surface area contributed by atoms with Crippen LogP contribution in [-0.2, 0) is 20.2 Å². The Morgan fingerprint density at radius 3 is 2.04 bits per heavy atom. The summed E-state index contributed by atoms with van der Waals surface area (Å²) in [4.78, 5) is -0.709. The zero-order valence-corrected chi connectivity index (χ0v) is 13.8. The lowest BCUT2D eigenvalue weighted by molar-refractivity contribution is 0.465. The van der Waals surface area contributed by atoms with Crippen molar-refractivity contribution in [2.45, 2.75) is 9.79 Å². The highest BCUT2D eigenvalue weighted by Gasteiger charge is 2.25. The van der Waals surface area contributed by atoms with E-state index < -0.39 is 30.9 Å². The monoisotopic (exact) mass is 364 g/mol. The van der Waals surface area contributed by atoms with E-state index >= 15 is 0 Å². The minimum absolute atomic E-state index is 0.126. The quantitative estimate of drug-likeness (QED) is 0.565. The van der Waals surface area contributed by atoms with E-state index in [9.17, 15) is 21.4 Å². The minimum Gasteiger partial charge on any atom is -0.377 e. The molecule has 0 radical (unpaired) electrons. The van der Waals surface area contributed by atoms with Crippen LogP contribution < -0.4 is 4.18 Å². The molecule has 0 saturated heterocycles. The number of fused-ring (bicyclic) bond motifs is 1. The zero-order valence-electron chi connectivity index (χ0n) is 12.2. The molecule has 0 atom stereocenters. The summed E-state index contributed by atoms with van der Waals surface area (Å²) in [6, 6.07) is 16.4. The molecule has 0 amide bonds. The summed E-state index contributed by atoms with van der Waals surface area (Å²) < 4.78 is 62.7. The molecule has 124 valence electrons. The maximum atomic E-state index is 12.3. The molecule has 0 aliphatic heterocycles. The van der Waals surface area contributed by atoms with Crippen molar-refractivity contribution < 1.29 is 25.6 Å². The van der Waals surface area contributed by atoms with Gasteiger partial charge in [0.15, 0.2) is 5.75 Å². The van der Waals surface area contributed by atoms with Crippen molar-refractivity contribution in [3.8, 4) is 5.75 Å². The van der Waals surface area contributed by atoms with Crippen molar-refractivity contribution >= 4 is 31.0 Å². The van der Waals surface area contributed by atoms with E-state index in [0.717, 1.165) is 0 Å². The Kier molecular flexibility index (Phi) is 4.04. The third-order valence-electron chi connectivity index (χ3n) is 3.33. The average Bonchev–Trinajstić information content (AvgIpc) is 2.54. The van der Waals surface area contributed by atoms with Crippen LogP contribution in [-0.4, -0.2) is 21.4 Å². The Morgan fingerprint density at radius 1 is 0.750 bits per heavy atom. The van der Waals surface area contributed by atoms with Gasteiger partial charge >= 0.3 is 10.1 Å². The van der Waals surface area contributed by atoms with Crippen molar-refractivity contribution in [3.63, 3.8) is 0 Å². The molecule has 0 spiro atoms. The molecule has 0 aliphatic rings. The third-order valence-corrected chi connectivity index (χ3v) is 5.52. The Balaban J connectivity index is 2.21. The number of rotatable bonds is 4. The molecule has 6 nitrogen and oxygen atoms in total. The minimum atomic E-state index is -4.70. The fraction of sp³-hybridized carbons (Fsp3) is 0. The van der Waals surface area contributed by atoms with E-state index in [1.807, 2.05) is 0 Å². The van der Waals surface area contributed by atoms with Gasteiger partial charge in [-0.15, -0.1) is 0 Å². The molecule has 0 unspecified atom stereocenters. The van der Waals surface area contributed by atoms with Gasteiger partial charge in [0, 0.05) is 5.39 Å². The molecule has 1 N–H and O–H groups in total. The zero-order chi connectivity index (χ0) is 17.4. The fourth-order valence-electron chi connectivity index (χ4n) is 2.31. The molecule has 0 saturated carbocycles. The van der Waals surface area contributed by atoms with Crippen LogP contribution in [0.2, 0.25) is 0 Å². The molecule has 0 aromatic heterocycles. The van der Waals surface area contributed by atoms with Gasteiger partial charge < -0.3 is 4.18 Å². The van der Waals surface area contributed by atoms with Gasteiger partial charge in [0.05, 0.1) is 0 Å². The lowest BCUT2D eigenvalue weighted by Crippen LogP contribution is -2.12. The van der Waals surface area contributed by atoms with Crippen LogP contribution >= 0.6 is 0 Å². The summed E-state index contributed by atoms with van der Waals surface area (Å²) in [5, 5.41) is 0.690. The third kappa shape index (κ3) is 3.12. The predicted octanol–water partition coefficient (Wildman–Crippen LogP) is 2.85. The topological polar surface area (TPSA) is 97.7 Å². The summed E-state index contributed by atoms with van der Waals surface area (Å²) in [6.45, 7) is 0. The number of hydrogen-bond donors (Lipinski definition) is 1. The van der Waals surface area contributed by atoms with Crippen LogP contribution in [0.1, 0.15) is 0 Å². The van der Waals surface area contributed by atoms with Gasteiger partial charge in [-0.05, 0) is 23.6 Å². The first-order valence-corrected chi connectivity index (χ1v) is 9.63. The summed E-state index contributed by atoms with van der Waals surface area (Å²) in [6.07, 6.45) is 0. The van der Waals surface area contributed by atoms with Crippen LogP contribution in [0, 0.1) is 0 Å². The fourth-order valence-corrected chi connectivity index (χ4v) is 4.15. The SMILES string of the molecule is O=S(=O)(O)c1c(OS(=O)(=O)c2ccccc2)ccc2ccccc12. The van der Waals surface area contributed by atoms with Crippen molar-refractivity contribution in [1.29, 1.82) is 0 Å². The normalized spacial score (nSPS) is 12.2. The van der Waals surface area contributed by atoms with Crippen LogP contribution in [0.15, 0.2) is 76.5 Å². The largest absolute Gasteiger partial charge is 0.377 e. The highest BCUT2D eigenvalue weighted by atomic mass is 32.2. The predicted molar refractivity (Wildman–Crippen MR) is 88.0 cm³/mol. The van der Waals surface area contributed by atoms with E-state index in [1.165, 1.54) is 42.5 Å². The Hall–Kier alpha value is -2.42. The van der Waals surface area contributed by atoms with Gasteiger partial charge in [-0.1, -0.05) is 48.5 Å². The van der Waals surface area contributed by atoms with Gasteiger partial charge in [0.1, 0.15) is 9.79 Å². The van der Waals surface area contributed by atoms with E-state index in [4.69, 9.17) is 4.18 Å². The molecule has 0 heterocycles. The van der Waals surface area contributed by atoms with Gasteiger partial charge in [0.2, 0.25) is 0 Å². The number of hydrogen-bond acceptors (Lipinski definition) is 5. The first-order valence-electron chi connectivity index (χ1n) is 6.78. The highest BCUT2D eigenvalue weighted by molar-refractivity contribution is 7.87. The van der Waals surface area contributed by atoms with E-state index in [0.29, 0.717) is 5.39 Å². The van der Waals surface area contributed by atoms with Gasteiger partial charge in [-0.2, -0.15) is 16.8 Å². The summed E-state index contributed by atoms with van der Waals surface area (Å²) in [5.41, 5.74) is 0. The molecule has 3 rings (SSSR count). The van der Waals surface area contributed by atoms with Gasteiger partial charge in [-0.25, -0.2) is 0 Å². The molecule has 0 bridgehead atoms. The second-order valence-electron chi connectivity index (χ2n) is 4.94. The molecule has 0 aliphatic carbocycles. The van der Waals surface area contributed by atoms with E-state index in [-0.39, 0.29) is 10.3 Å². The molecular formula is C16H12O6S2. The van der Waals surface area contributed by atoms with Crippen molar-refractivity contribution in [2.75, 3.05) is 0 Å². The molecular weight excluding hydrogens is 352 g/mol. The van der Waals surface area contributed by atoms with Crippen molar-refractivity contribution in [2.24, 2.45) is 0 Å². The van der Waals surface area contributed by atoms with Gasteiger partial charge in [-0.3, -0.25) is 4.55 Å². The van der Waals surface area contributed by atoms with E-state index in [2.05, 4.69) is 0 Å². The smallest absolute Gasteiger partial charge is 0.339 e. The lowest BCUT2D eigenvalue weighted by Gasteiger charge is -2.12. The Labute approximate surface area is 139 Å². The number of benzene rings is 3. The summed E-state index contributed by atoms with van der Waals surface area (Å²) in [5.74, 6) is -0.458. The maximum Gasteiger partial charge on any atom is 0.339 e. The molecule has 3 aromatic rings. The second kappa shape index (κ2) is 5.90. The first-order chi connectivity index (χ1) is 11.3. The molecule has 8 heteroatoms. The van der Waals surface area contributed by atoms with Crippen molar-refractivity contribution in [3.05, 3.63) is 66.7 Å². The second-order valence-corrected chi connectivity index (χ2v) is 7.84. The van der Waals surface area contributed by atoms with Crippen LogP contribution in [0.5, 0.6) is 5.75 Å². The highest BCUT2D eigenvalue weighted by Crippen LogP contribution is 2.33. The maximum absolute atomic E-state index is 12.3. The van der Waals surface area contributed by atoms with Gasteiger partial charge in [0.25, 0.3) is 10.1 Å². The lowest BCUT2D eigenvalue weighted by atomic mass is 10.1. The summed E-state index contributed by atoms with van der Waals surface area (Å²) >= 11 is 0. The average molecular weight is 364 g/mol. The van der Waals surface area contributed by atoms with Crippen LogP contribution in [0.4, 0.5) is 0 Å². The van der Waals surface area contributed by atoms with Crippen LogP contribution in [0.3, 0.4) is 0 Å². The molecule has 24 heavy (non-hydrogen) atoms. The first kappa shape index (κ1) is 16.4. The molecule has 3 aromatic carbocycles. The Morgan fingerprint density at radius 2 is 1.38 bits per heavy atom. The van der Waals surface area contributed by atoms with Crippen LogP contribution in [0.25, 0.3) is 10.8 Å². The van der Waals surface area contributed by atoms with Crippen molar-refractivity contribution in [1.82, 2.24) is 0 Å². The van der Waals surface area contributed by atoms with E-state index in [1.54, 1.807) is 24.3 Å².